The molecule has 1 heterocycles. The van der Waals surface area contributed by atoms with E-state index in [0.717, 1.165) is 9.80 Å². The Morgan fingerprint density at radius 3 is 1.73 bits per heavy atom. The monoisotopic (exact) mass is 376 g/mol. The van der Waals surface area contributed by atoms with Gasteiger partial charge in [-0.05, 0) is 31.5 Å². The third-order valence-electron chi connectivity index (χ3n) is 5.58. The standard InChI is InChI=1S/C18H17ClN2O5/c1-9(22)17(10(2)23)13(11-5-7-12(19)8-6-11)18(17)14(24)20(3)16(26)21(4)15(18)25/h5-8,13H,1-4H3/t13-/m0/s1. The molecule has 7 nitrogen and oxygen atoms in total. The highest BCUT2D eigenvalue weighted by atomic mass is 35.5. The lowest BCUT2D eigenvalue weighted by Gasteiger charge is -2.35. The Kier molecular flexibility index (Phi) is 3.85. The van der Waals surface area contributed by atoms with Crippen molar-refractivity contribution in [2.45, 2.75) is 19.8 Å². The molecule has 4 amide bonds. The van der Waals surface area contributed by atoms with Gasteiger partial charge < -0.3 is 0 Å². The van der Waals surface area contributed by atoms with Crippen LogP contribution in [0.15, 0.2) is 24.3 Å². The number of amides is 4. The first-order chi connectivity index (χ1) is 12.1. The summed E-state index contributed by atoms with van der Waals surface area (Å²) in [6, 6.07) is 5.49. The molecule has 0 radical (unpaired) electrons. The number of imide groups is 2. The van der Waals surface area contributed by atoms with E-state index in [9.17, 15) is 24.0 Å². The predicted octanol–water partition coefficient (Wildman–Crippen LogP) is 1.64. The second-order valence-corrected chi connectivity index (χ2v) is 7.16. The minimum atomic E-state index is -1.95. The van der Waals surface area contributed by atoms with Crippen LogP contribution in [0.2, 0.25) is 5.02 Å². The Hall–Kier alpha value is -2.54. The fourth-order valence-electron chi connectivity index (χ4n) is 4.44. The van der Waals surface area contributed by atoms with E-state index < -0.39 is 46.2 Å². The van der Waals surface area contributed by atoms with E-state index in [2.05, 4.69) is 0 Å². The third kappa shape index (κ3) is 1.81. The summed E-state index contributed by atoms with van der Waals surface area (Å²) in [5, 5.41) is 0.436. The molecular weight excluding hydrogens is 360 g/mol. The van der Waals surface area contributed by atoms with Crippen LogP contribution in [0.4, 0.5) is 4.79 Å². The van der Waals surface area contributed by atoms with Gasteiger partial charge in [0.25, 0.3) is 0 Å². The van der Waals surface area contributed by atoms with Crippen molar-refractivity contribution in [1.29, 1.82) is 0 Å². The maximum atomic E-state index is 13.1. The summed E-state index contributed by atoms with van der Waals surface area (Å²) >= 11 is 5.90. The number of barbiturate groups is 1. The molecule has 1 spiro atoms. The molecule has 0 unspecified atom stereocenters. The third-order valence-corrected chi connectivity index (χ3v) is 5.83. The number of urea groups is 1. The number of Topliss-reactive ketones (excluding diaryl/α,β-unsaturated/α-hetero) is 2. The van der Waals surface area contributed by atoms with Crippen LogP contribution in [-0.2, 0) is 19.2 Å². The maximum absolute atomic E-state index is 13.1. The normalized spacial score (nSPS) is 23.4. The van der Waals surface area contributed by atoms with E-state index in [1.807, 2.05) is 0 Å². The first-order valence-corrected chi connectivity index (χ1v) is 8.31. The van der Waals surface area contributed by atoms with Gasteiger partial charge in [-0.15, -0.1) is 0 Å². The molecule has 1 aromatic carbocycles. The van der Waals surface area contributed by atoms with E-state index >= 15 is 0 Å². The molecular formula is C18H17ClN2O5. The lowest BCUT2D eigenvalue weighted by atomic mass is 9.83. The zero-order valence-electron chi connectivity index (χ0n) is 14.7. The summed E-state index contributed by atoms with van der Waals surface area (Å²) in [5.74, 6) is -3.82. The van der Waals surface area contributed by atoms with Crippen LogP contribution in [0.5, 0.6) is 0 Å². The summed E-state index contributed by atoms with van der Waals surface area (Å²) in [4.78, 5) is 65.1. The molecule has 1 aliphatic carbocycles. The van der Waals surface area contributed by atoms with E-state index in [0.29, 0.717) is 10.6 Å². The van der Waals surface area contributed by atoms with Crippen molar-refractivity contribution in [2.24, 2.45) is 10.8 Å². The highest BCUT2D eigenvalue weighted by molar-refractivity contribution is 6.32. The zero-order valence-corrected chi connectivity index (χ0v) is 15.5. The number of carbonyl (C=O) groups excluding carboxylic acids is 5. The second kappa shape index (κ2) is 5.48. The number of halogens is 1. The molecule has 2 aliphatic rings. The largest absolute Gasteiger partial charge is 0.332 e. The fourth-order valence-corrected chi connectivity index (χ4v) is 4.57. The molecule has 136 valence electrons. The highest BCUT2D eigenvalue weighted by Gasteiger charge is 2.91. The average molecular weight is 377 g/mol. The highest BCUT2D eigenvalue weighted by Crippen LogP contribution is 2.77. The molecule has 0 aromatic heterocycles. The summed E-state index contributed by atoms with van der Waals surface area (Å²) < 4.78 is 0. The van der Waals surface area contributed by atoms with E-state index in [4.69, 9.17) is 11.6 Å². The van der Waals surface area contributed by atoms with Crippen molar-refractivity contribution in [3.63, 3.8) is 0 Å². The fraction of sp³-hybridized carbons (Fsp3) is 0.389. The summed E-state index contributed by atoms with van der Waals surface area (Å²) in [6.07, 6.45) is 0. The lowest BCUT2D eigenvalue weighted by molar-refractivity contribution is -0.156. The van der Waals surface area contributed by atoms with Crippen LogP contribution in [0.25, 0.3) is 0 Å². The Morgan fingerprint density at radius 2 is 1.35 bits per heavy atom. The molecule has 1 aliphatic heterocycles. The first kappa shape index (κ1) is 18.3. The van der Waals surface area contributed by atoms with Gasteiger partial charge >= 0.3 is 6.03 Å². The van der Waals surface area contributed by atoms with E-state index in [1.165, 1.54) is 27.9 Å². The number of ketones is 2. The smallest absolute Gasteiger partial charge is 0.299 e. The number of benzene rings is 1. The zero-order chi connectivity index (χ0) is 19.6. The number of nitrogens with zero attached hydrogens (tertiary/aromatic N) is 2. The van der Waals surface area contributed by atoms with Gasteiger partial charge in [0.05, 0.1) is 0 Å². The molecule has 1 saturated carbocycles. The quantitative estimate of drug-likeness (QED) is 0.748. The van der Waals surface area contributed by atoms with Crippen LogP contribution in [0, 0.1) is 10.8 Å². The van der Waals surface area contributed by atoms with Crippen LogP contribution >= 0.6 is 11.6 Å². The molecule has 0 bridgehead atoms. The Morgan fingerprint density at radius 1 is 0.923 bits per heavy atom. The van der Waals surface area contributed by atoms with Gasteiger partial charge in [0.1, 0.15) is 17.0 Å². The van der Waals surface area contributed by atoms with Crippen molar-refractivity contribution in [1.82, 2.24) is 9.80 Å². The van der Waals surface area contributed by atoms with Crippen molar-refractivity contribution < 1.29 is 24.0 Å². The SMILES string of the molecule is CC(=O)C1(C(C)=O)[C@H](c2ccc(Cl)cc2)C12C(=O)N(C)C(=O)N(C)C2=O. The molecule has 1 atom stereocenters. The summed E-state index contributed by atoms with van der Waals surface area (Å²) in [6.45, 7) is 2.38. The molecule has 1 aromatic rings. The van der Waals surface area contributed by atoms with Crippen molar-refractivity contribution in [2.75, 3.05) is 14.1 Å². The Labute approximate surface area is 154 Å². The average Bonchev–Trinajstić information content (AvgIpc) is 3.24. The Bertz CT molecular complexity index is 838. The van der Waals surface area contributed by atoms with E-state index in [-0.39, 0.29) is 0 Å². The van der Waals surface area contributed by atoms with Crippen molar-refractivity contribution in [3.05, 3.63) is 34.9 Å². The minimum Gasteiger partial charge on any atom is -0.299 e. The molecule has 1 saturated heterocycles. The predicted molar refractivity (Wildman–Crippen MR) is 91.4 cm³/mol. The lowest BCUT2D eigenvalue weighted by Crippen LogP contribution is -2.61. The van der Waals surface area contributed by atoms with Gasteiger partial charge in [0, 0.05) is 25.0 Å². The molecule has 0 N–H and O–H groups in total. The van der Waals surface area contributed by atoms with Gasteiger partial charge in [-0.2, -0.15) is 0 Å². The van der Waals surface area contributed by atoms with Crippen LogP contribution < -0.4 is 0 Å². The molecule has 26 heavy (non-hydrogen) atoms. The topological polar surface area (TPSA) is 91.8 Å². The van der Waals surface area contributed by atoms with Gasteiger partial charge in [-0.1, -0.05) is 23.7 Å². The minimum absolute atomic E-state index is 0.436. The molecule has 2 fully saturated rings. The number of rotatable bonds is 3. The van der Waals surface area contributed by atoms with Gasteiger partial charge in [0.2, 0.25) is 11.8 Å². The van der Waals surface area contributed by atoms with Crippen molar-refractivity contribution >= 4 is 41.0 Å². The summed E-state index contributed by atoms with van der Waals surface area (Å²) in [7, 11) is 2.47. The molecule has 8 heteroatoms. The maximum Gasteiger partial charge on any atom is 0.332 e. The summed E-state index contributed by atoms with van der Waals surface area (Å²) in [5.41, 5.74) is -3.31. The van der Waals surface area contributed by atoms with Gasteiger partial charge in [-0.3, -0.25) is 29.0 Å². The molecule has 3 rings (SSSR count). The van der Waals surface area contributed by atoms with Gasteiger partial charge in [-0.25, -0.2) is 4.79 Å². The Balaban J connectivity index is 2.32. The van der Waals surface area contributed by atoms with E-state index in [1.54, 1.807) is 24.3 Å². The van der Waals surface area contributed by atoms with Crippen LogP contribution in [0.3, 0.4) is 0 Å². The van der Waals surface area contributed by atoms with Crippen LogP contribution in [-0.4, -0.2) is 53.3 Å². The number of carbonyl (C=O) groups is 5. The van der Waals surface area contributed by atoms with Gasteiger partial charge in [0.15, 0.2) is 5.41 Å². The van der Waals surface area contributed by atoms with Crippen molar-refractivity contribution in [3.8, 4) is 0 Å². The number of hydrogen-bond acceptors (Lipinski definition) is 5. The second-order valence-electron chi connectivity index (χ2n) is 6.72. The first-order valence-electron chi connectivity index (χ1n) is 7.94. The number of hydrogen-bond donors (Lipinski definition) is 0. The van der Waals surface area contributed by atoms with Crippen LogP contribution in [0.1, 0.15) is 25.3 Å².